The molecule has 1 N–H and O–H groups in total. The van der Waals surface area contributed by atoms with E-state index in [1.807, 2.05) is 27.7 Å². The van der Waals surface area contributed by atoms with Crippen LogP contribution in [0.4, 0.5) is 0 Å². The summed E-state index contributed by atoms with van der Waals surface area (Å²) in [6, 6.07) is 21.9. The van der Waals surface area contributed by atoms with Crippen LogP contribution in [0.2, 0.25) is 0 Å². The van der Waals surface area contributed by atoms with Crippen LogP contribution in [0.3, 0.4) is 0 Å². The molecule has 0 aromatic heterocycles. The van der Waals surface area contributed by atoms with E-state index in [1.165, 1.54) is 24.0 Å². The molecule has 120 valence electrons. The monoisotopic (exact) mass is 297 g/mol. The van der Waals surface area contributed by atoms with Gasteiger partial charge in [0.2, 0.25) is 0 Å². The molecule has 0 unspecified atom stereocenters. The van der Waals surface area contributed by atoms with Crippen molar-refractivity contribution in [2.45, 2.75) is 46.0 Å². The normalized spacial score (nSPS) is 15.6. The van der Waals surface area contributed by atoms with Gasteiger partial charge < -0.3 is 5.32 Å². The highest BCUT2D eigenvalue weighted by atomic mass is 14.9. The number of hydrogen-bond acceptors (Lipinski definition) is 1. The zero-order valence-corrected chi connectivity index (χ0v) is 14.6. The molecule has 0 saturated carbocycles. The van der Waals surface area contributed by atoms with Gasteiger partial charge in [-0.2, -0.15) is 0 Å². The predicted molar refractivity (Wildman–Crippen MR) is 98.5 cm³/mol. The molecule has 2 aromatic rings. The summed E-state index contributed by atoms with van der Waals surface area (Å²) in [6.07, 6.45) is 2.36. The van der Waals surface area contributed by atoms with Crippen LogP contribution in [0, 0.1) is 0 Å². The summed E-state index contributed by atoms with van der Waals surface area (Å²) in [5, 5.41) is 3.48. The summed E-state index contributed by atoms with van der Waals surface area (Å²) in [6.45, 7) is 10.2. The summed E-state index contributed by atoms with van der Waals surface area (Å²) in [4.78, 5) is 0. The Morgan fingerprint density at radius 2 is 1.00 bits per heavy atom. The Morgan fingerprint density at radius 3 is 1.36 bits per heavy atom. The first-order valence-electron chi connectivity index (χ1n) is 8.74. The highest BCUT2D eigenvalue weighted by Crippen LogP contribution is 2.39. The van der Waals surface area contributed by atoms with E-state index in [2.05, 4.69) is 66.0 Å². The zero-order chi connectivity index (χ0) is 16.3. The van der Waals surface area contributed by atoms with Crippen LogP contribution in [-0.2, 0) is 5.41 Å². The van der Waals surface area contributed by atoms with Gasteiger partial charge >= 0.3 is 0 Å². The lowest BCUT2D eigenvalue weighted by Crippen LogP contribution is -2.40. The van der Waals surface area contributed by atoms with Gasteiger partial charge in [-0.15, -0.1) is 0 Å². The van der Waals surface area contributed by atoms with Gasteiger partial charge in [0.25, 0.3) is 0 Å². The molecule has 0 aliphatic carbocycles. The SMILES string of the molecule is CC.CC.c1ccc(C2(c3ccccc3)CCNCC2)cc1. The molecule has 0 atom stereocenters. The van der Waals surface area contributed by atoms with Crippen molar-refractivity contribution in [3.8, 4) is 0 Å². The second-order valence-corrected chi connectivity index (χ2v) is 5.06. The van der Waals surface area contributed by atoms with E-state index in [-0.39, 0.29) is 5.41 Å². The number of hydrogen-bond donors (Lipinski definition) is 1. The van der Waals surface area contributed by atoms with E-state index in [1.54, 1.807) is 0 Å². The average molecular weight is 297 g/mol. The van der Waals surface area contributed by atoms with Crippen LogP contribution in [0.25, 0.3) is 0 Å². The number of benzene rings is 2. The standard InChI is InChI=1S/C17H19N.2C2H6/c1-3-7-15(8-4-1)17(11-13-18-14-12-17)16-9-5-2-6-10-16;2*1-2/h1-10,18H,11-14H2;2*1-2H3. The molecular weight excluding hydrogens is 266 g/mol. The number of piperidine rings is 1. The molecule has 1 heterocycles. The van der Waals surface area contributed by atoms with Crippen molar-refractivity contribution in [3.05, 3.63) is 71.8 Å². The van der Waals surface area contributed by atoms with Gasteiger partial charge in [0.05, 0.1) is 0 Å². The van der Waals surface area contributed by atoms with Crippen LogP contribution in [-0.4, -0.2) is 13.1 Å². The minimum absolute atomic E-state index is 0.202. The quantitative estimate of drug-likeness (QED) is 0.781. The molecule has 0 radical (unpaired) electrons. The van der Waals surface area contributed by atoms with Gasteiger partial charge in [0, 0.05) is 5.41 Å². The van der Waals surface area contributed by atoms with E-state index in [4.69, 9.17) is 0 Å². The second kappa shape index (κ2) is 10.2. The Bertz CT molecular complexity index is 442. The number of nitrogens with one attached hydrogen (secondary N) is 1. The third-order valence-corrected chi connectivity index (χ3v) is 4.11. The summed E-state index contributed by atoms with van der Waals surface area (Å²) < 4.78 is 0. The minimum atomic E-state index is 0.202. The molecular formula is C21H31N. The molecule has 1 aliphatic heterocycles. The van der Waals surface area contributed by atoms with Crippen molar-refractivity contribution in [1.82, 2.24) is 5.32 Å². The molecule has 1 aliphatic rings. The predicted octanol–water partition coefficient (Wildman–Crippen LogP) is 5.41. The number of rotatable bonds is 2. The van der Waals surface area contributed by atoms with Gasteiger partial charge in [0.15, 0.2) is 0 Å². The highest BCUT2D eigenvalue weighted by Gasteiger charge is 2.35. The summed E-state index contributed by atoms with van der Waals surface area (Å²) >= 11 is 0. The molecule has 0 bridgehead atoms. The molecule has 0 amide bonds. The Morgan fingerprint density at radius 1 is 0.636 bits per heavy atom. The molecule has 1 fully saturated rings. The van der Waals surface area contributed by atoms with E-state index < -0.39 is 0 Å². The fraction of sp³-hybridized carbons (Fsp3) is 0.429. The van der Waals surface area contributed by atoms with Crippen molar-refractivity contribution in [1.29, 1.82) is 0 Å². The van der Waals surface area contributed by atoms with Crippen molar-refractivity contribution < 1.29 is 0 Å². The van der Waals surface area contributed by atoms with Crippen molar-refractivity contribution in [2.24, 2.45) is 0 Å². The van der Waals surface area contributed by atoms with Crippen molar-refractivity contribution in [3.63, 3.8) is 0 Å². The van der Waals surface area contributed by atoms with E-state index in [0.29, 0.717) is 0 Å². The van der Waals surface area contributed by atoms with Gasteiger partial charge in [0.1, 0.15) is 0 Å². The van der Waals surface area contributed by atoms with Gasteiger partial charge in [-0.25, -0.2) is 0 Å². The van der Waals surface area contributed by atoms with Crippen LogP contribution in [0.5, 0.6) is 0 Å². The van der Waals surface area contributed by atoms with Gasteiger partial charge in [-0.05, 0) is 37.1 Å². The smallest absolute Gasteiger partial charge is 0.0227 e. The first kappa shape index (κ1) is 18.4. The van der Waals surface area contributed by atoms with Gasteiger partial charge in [-0.3, -0.25) is 0 Å². The largest absolute Gasteiger partial charge is 0.317 e. The third-order valence-electron chi connectivity index (χ3n) is 4.11. The summed E-state index contributed by atoms with van der Waals surface area (Å²) in [5.41, 5.74) is 3.11. The lowest BCUT2D eigenvalue weighted by molar-refractivity contribution is 0.362. The Kier molecular flexibility index (Phi) is 8.54. The summed E-state index contributed by atoms with van der Waals surface area (Å²) in [7, 11) is 0. The molecule has 1 heteroatoms. The van der Waals surface area contributed by atoms with E-state index in [9.17, 15) is 0 Å². The second-order valence-electron chi connectivity index (χ2n) is 5.06. The zero-order valence-electron chi connectivity index (χ0n) is 14.6. The Balaban J connectivity index is 0.000000561. The molecule has 1 saturated heterocycles. The van der Waals surface area contributed by atoms with Crippen LogP contribution < -0.4 is 5.32 Å². The lowest BCUT2D eigenvalue weighted by atomic mass is 9.68. The maximum Gasteiger partial charge on any atom is 0.0227 e. The topological polar surface area (TPSA) is 12.0 Å². The maximum absolute atomic E-state index is 3.48. The molecule has 1 nitrogen and oxygen atoms in total. The van der Waals surface area contributed by atoms with Crippen molar-refractivity contribution >= 4 is 0 Å². The molecule has 3 rings (SSSR count). The molecule has 2 aromatic carbocycles. The van der Waals surface area contributed by atoms with Crippen LogP contribution in [0.15, 0.2) is 60.7 Å². The molecule has 22 heavy (non-hydrogen) atoms. The maximum atomic E-state index is 3.48. The van der Waals surface area contributed by atoms with Gasteiger partial charge in [-0.1, -0.05) is 88.4 Å². The highest BCUT2D eigenvalue weighted by molar-refractivity contribution is 5.39. The van der Waals surface area contributed by atoms with Crippen molar-refractivity contribution in [2.75, 3.05) is 13.1 Å². The van der Waals surface area contributed by atoms with Crippen LogP contribution >= 0.6 is 0 Å². The first-order valence-corrected chi connectivity index (χ1v) is 8.74. The minimum Gasteiger partial charge on any atom is -0.317 e. The Hall–Kier alpha value is -1.60. The fourth-order valence-corrected chi connectivity index (χ4v) is 3.11. The van der Waals surface area contributed by atoms with Crippen LogP contribution in [0.1, 0.15) is 51.7 Å². The molecule has 0 spiro atoms. The van der Waals surface area contributed by atoms with E-state index in [0.717, 1.165) is 13.1 Å². The Labute approximate surface area is 136 Å². The average Bonchev–Trinajstić information content (AvgIpc) is 2.67. The third kappa shape index (κ3) is 4.20. The fourth-order valence-electron chi connectivity index (χ4n) is 3.11. The lowest BCUT2D eigenvalue weighted by Gasteiger charge is -2.39. The van der Waals surface area contributed by atoms with E-state index >= 15 is 0 Å². The first-order chi connectivity index (χ1) is 10.9. The summed E-state index contributed by atoms with van der Waals surface area (Å²) in [5.74, 6) is 0.